The van der Waals surface area contributed by atoms with Gasteiger partial charge in [-0.05, 0) is 100 Å². The zero-order valence-corrected chi connectivity index (χ0v) is 43.2. The maximum Gasteiger partial charge on any atom is 0.243 e. The van der Waals surface area contributed by atoms with Gasteiger partial charge in [-0.15, -0.1) is 21.5 Å². The number of carbonyl (C=O) groups excluding carboxylic acids is 2. The highest BCUT2D eigenvalue weighted by Gasteiger charge is 2.42. The minimum Gasteiger partial charge on any atom is -0.507 e. The number of amides is 2. The first-order chi connectivity index (χ1) is 35.5. The summed E-state index contributed by atoms with van der Waals surface area (Å²) < 4.78 is 12.2. The number of aromatic nitrogens is 5. The second-order valence-corrected chi connectivity index (χ2v) is 21.3. The van der Waals surface area contributed by atoms with E-state index in [-0.39, 0.29) is 29.5 Å². The lowest BCUT2D eigenvalue weighted by Gasteiger charge is -2.43. The summed E-state index contributed by atoms with van der Waals surface area (Å²) in [5.41, 5.74) is 15.4. The molecule has 0 saturated carbocycles. The standard InChI is InChI=1S/C55H68N12O5S/c1-35(2)51(55(70)66-22-8-11-46(66)54(69)59-36(3)38-13-15-39(16-14-38)52-37(4)58-34-73-52)49-29-40(62-72-49)9-7-21-63-23-25-64(26-24-63)27-28-71-50-30-41(19-20-57-50)67-42-17-18-43(67)33-65(32-42)47-31-45(60-61-53(47)56)44-10-5-6-12-48(44)68/h5-6,10,12-16,19-20,29-31,34-36,42-43,46,51,68H,7-9,11,17-18,21-28,32-33H2,1-4H3,(H2,56,61)(H,59,69)/t36-,42?,43?,46-,51-/m0/s1. The van der Waals surface area contributed by atoms with E-state index >= 15 is 0 Å². The van der Waals surface area contributed by atoms with Crippen molar-refractivity contribution in [3.8, 4) is 33.3 Å². The van der Waals surface area contributed by atoms with Crippen LogP contribution in [0.3, 0.4) is 0 Å². The molecule has 8 heterocycles. The number of fused-ring (bicyclic) bond motifs is 2. The summed E-state index contributed by atoms with van der Waals surface area (Å²) in [6, 6.07) is 23.3. The number of nitrogens with two attached hydrogens (primary N) is 1. The van der Waals surface area contributed by atoms with Crippen molar-refractivity contribution in [2.45, 2.75) is 96.3 Å². The summed E-state index contributed by atoms with van der Waals surface area (Å²) in [7, 11) is 0. The Morgan fingerprint density at radius 2 is 1.66 bits per heavy atom. The molecule has 4 aliphatic rings. The van der Waals surface area contributed by atoms with Gasteiger partial charge in [-0.2, -0.15) is 0 Å². The largest absolute Gasteiger partial charge is 0.507 e. The number of phenolic OH excluding ortho intramolecular Hbond substituents is 1. The molecular formula is C55H68N12O5S. The molecule has 73 heavy (non-hydrogen) atoms. The van der Waals surface area contributed by atoms with Crippen LogP contribution in [0, 0.1) is 12.8 Å². The van der Waals surface area contributed by atoms with Crippen molar-refractivity contribution < 1.29 is 24.0 Å². The van der Waals surface area contributed by atoms with Gasteiger partial charge in [0, 0.05) is 94.0 Å². The highest BCUT2D eigenvalue weighted by Crippen LogP contribution is 2.40. The topological polar surface area (TPSA) is 195 Å². The monoisotopic (exact) mass is 1010 g/mol. The number of benzene rings is 2. The van der Waals surface area contributed by atoms with Gasteiger partial charge in [0.25, 0.3) is 0 Å². The first-order valence-corrected chi connectivity index (χ1v) is 26.9. The van der Waals surface area contributed by atoms with Crippen LogP contribution in [0.4, 0.5) is 17.2 Å². The molecule has 384 valence electrons. The normalized spacial score (nSPS) is 20.2. The van der Waals surface area contributed by atoms with Crippen LogP contribution >= 0.6 is 11.3 Å². The third-order valence-corrected chi connectivity index (χ3v) is 16.3. The quantitative estimate of drug-likeness (QED) is 0.0773. The van der Waals surface area contributed by atoms with Crippen LogP contribution in [0.1, 0.15) is 87.5 Å². The van der Waals surface area contributed by atoms with E-state index in [9.17, 15) is 14.7 Å². The van der Waals surface area contributed by atoms with E-state index in [2.05, 4.69) is 86.6 Å². The van der Waals surface area contributed by atoms with Crippen molar-refractivity contribution in [1.82, 2.24) is 45.3 Å². The van der Waals surface area contributed by atoms with Crippen molar-refractivity contribution in [2.24, 2.45) is 5.92 Å². The molecule has 6 aromatic rings. The van der Waals surface area contributed by atoms with E-state index < -0.39 is 12.0 Å². The number of pyridine rings is 1. The fourth-order valence-electron chi connectivity index (χ4n) is 11.3. The Kier molecular flexibility index (Phi) is 15.2. The number of rotatable bonds is 18. The molecule has 4 fully saturated rings. The Bertz CT molecular complexity index is 2830. The Hall–Kier alpha value is -6.63. The van der Waals surface area contributed by atoms with Crippen molar-refractivity contribution in [3.63, 3.8) is 0 Å². The third kappa shape index (κ3) is 11.2. The number of phenols is 1. The van der Waals surface area contributed by atoms with Crippen LogP contribution in [0.2, 0.25) is 0 Å². The number of nitrogen functional groups attached to an aromatic ring is 1. The summed E-state index contributed by atoms with van der Waals surface area (Å²) in [5, 5.41) is 26.6. The lowest BCUT2D eigenvalue weighted by atomic mass is 9.91. The van der Waals surface area contributed by atoms with Crippen molar-refractivity contribution in [1.29, 1.82) is 0 Å². The molecule has 5 atom stereocenters. The zero-order valence-electron chi connectivity index (χ0n) is 42.4. The summed E-state index contributed by atoms with van der Waals surface area (Å²) in [5.74, 6) is 1.01. The summed E-state index contributed by atoms with van der Waals surface area (Å²) in [4.78, 5) is 49.6. The Labute approximate surface area is 431 Å². The molecule has 2 bridgehead atoms. The number of aryl methyl sites for hydroxylation is 2. The summed E-state index contributed by atoms with van der Waals surface area (Å²) in [6.07, 6.45) is 7.11. The number of anilines is 3. The van der Waals surface area contributed by atoms with Crippen LogP contribution in [0.5, 0.6) is 11.6 Å². The molecular weight excluding hydrogens is 941 g/mol. The highest BCUT2D eigenvalue weighted by molar-refractivity contribution is 7.13. The Balaban J connectivity index is 0.649. The van der Waals surface area contributed by atoms with Crippen LogP contribution < -0.4 is 25.6 Å². The van der Waals surface area contributed by atoms with Gasteiger partial charge in [0.2, 0.25) is 17.7 Å². The molecule has 10 rings (SSSR count). The molecule has 0 spiro atoms. The fraction of sp³-hybridized carbons (Fsp3) is 0.473. The number of hydrogen-bond acceptors (Lipinski definition) is 16. The van der Waals surface area contributed by atoms with Crippen molar-refractivity contribution in [2.75, 3.05) is 81.0 Å². The number of nitrogens with zero attached hydrogens (tertiary/aromatic N) is 10. The number of aromatic hydroxyl groups is 1. The van der Waals surface area contributed by atoms with Gasteiger partial charge in [0.15, 0.2) is 5.82 Å². The average molecular weight is 1010 g/mol. The lowest BCUT2D eigenvalue weighted by molar-refractivity contribution is -0.141. The molecule has 2 amide bonds. The molecule has 4 saturated heterocycles. The van der Waals surface area contributed by atoms with Gasteiger partial charge in [0.05, 0.1) is 39.2 Å². The second kappa shape index (κ2) is 22.2. The molecule has 2 unspecified atom stereocenters. The van der Waals surface area contributed by atoms with E-state index in [1.54, 1.807) is 28.4 Å². The van der Waals surface area contributed by atoms with E-state index in [4.69, 9.17) is 15.0 Å². The first kappa shape index (κ1) is 49.9. The predicted octanol–water partition coefficient (Wildman–Crippen LogP) is 7.34. The number of piperazine rings is 2. The molecule has 4 aromatic heterocycles. The maximum atomic E-state index is 14.2. The Morgan fingerprint density at radius 3 is 2.38 bits per heavy atom. The van der Waals surface area contributed by atoms with Crippen LogP contribution in [-0.4, -0.2) is 141 Å². The maximum absolute atomic E-state index is 14.2. The first-order valence-electron chi connectivity index (χ1n) is 26.0. The van der Waals surface area contributed by atoms with E-state index in [0.29, 0.717) is 60.4 Å². The summed E-state index contributed by atoms with van der Waals surface area (Å²) in [6.45, 7) is 16.4. The van der Waals surface area contributed by atoms with Crippen LogP contribution in [-0.2, 0) is 16.0 Å². The molecule has 4 aliphatic heterocycles. The van der Waals surface area contributed by atoms with Crippen molar-refractivity contribution >= 4 is 40.3 Å². The molecule has 4 N–H and O–H groups in total. The second-order valence-electron chi connectivity index (χ2n) is 20.5. The Morgan fingerprint density at radius 1 is 0.904 bits per heavy atom. The molecule has 0 aliphatic carbocycles. The molecule has 18 heteroatoms. The zero-order chi connectivity index (χ0) is 50.6. The van der Waals surface area contributed by atoms with Gasteiger partial charge in [-0.1, -0.05) is 55.4 Å². The van der Waals surface area contributed by atoms with Gasteiger partial charge < -0.3 is 45.0 Å². The van der Waals surface area contributed by atoms with E-state index in [1.807, 2.05) is 63.7 Å². The average Bonchev–Trinajstić information content (AvgIpc) is 4.22. The van der Waals surface area contributed by atoms with E-state index in [0.717, 1.165) is 123 Å². The summed E-state index contributed by atoms with van der Waals surface area (Å²) >= 11 is 1.62. The smallest absolute Gasteiger partial charge is 0.243 e. The van der Waals surface area contributed by atoms with Crippen molar-refractivity contribution in [3.05, 3.63) is 107 Å². The predicted molar refractivity (Wildman–Crippen MR) is 284 cm³/mol. The molecule has 0 radical (unpaired) electrons. The number of carbonyl (C=O) groups is 2. The minimum atomic E-state index is -0.526. The van der Waals surface area contributed by atoms with Gasteiger partial charge in [-0.3, -0.25) is 14.5 Å². The third-order valence-electron chi connectivity index (χ3n) is 15.3. The number of para-hydroxylation sites is 1. The molecule has 17 nitrogen and oxygen atoms in total. The SMILES string of the molecule is Cc1ncsc1-c1ccc([C@H](C)NC(=O)[C@@H]2CCCN2C(=O)[C@H](c2cc(CCCN3CCN(CCOc4cc(N5C6CCC5CN(c5cc(-c7ccccc7O)nnc5N)C6)ccn4)CC3)no2)C(C)C)cc1. The fourth-order valence-corrected chi connectivity index (χ4v) is 12.1. The highest BCUT2D eigenvalue weighted by atomic mass is 32.1. The number of ether oxygens (including phenoxy) is 1. The van der Waals surface area contributed by atoms with Gasteiger partial charge in [0.1, 0.15) is 30.1 Å². The number of hydrogen-bond donors (Lipinski definition) is 3. The minimum absolute atomic E-state index is 0.0329. The lowest BCUT2D eigenvalue weighted by Crippen LogP contribution is -2.54. The van der Waals surface area contributed by atoms with E-state index in [1.165, 1.54) is 0 Å². The van der Waals surface area contributed by atoms with Crippen LogP contribution in [0.25, 0.3) is 21.7 Å². The molecule has 2 aromatic carbocycles. The number of likely N-dealkylation sites (tertiary alicyclic amines) is 1. The van der Waals surface area contributed by atoms with Gasteiger partial charge >= 0.3 is 0 Å². The van der Waals surface area contributed by atoms with Crippen LogP contribution in [0.15, 0.2) is 89.0 Å². The number of thiazole rings is 1. The van der Waals surface area contributed by atoms with Gasteiger partial charge in [-0.25, -0.2) is 9.97 Å². The number of nitrogens with one attached hydrogen (secondary N) is 1.